The second-order valence-electron chi connectivity index (χ2n) is 9.47. The van der Waals surface area contributed by atoms with Crippen molar-refractivity contribution in [1.82, 2.24) is 8.61 Å². The van der Waals surface area contributed by atoms with E-state index in [0.29, 0.717) is 37.3 Å². The van der Waals surface area contributed by atoms with Gasteiger partial charge < -0.3 is 5.32 Å². The summed E-state index contributed by atoms with van der Waals surface area (Å²) in [5.41, 5.74) is 3.76. The molecular formula is C27H29N3O5S2. The third kappa shape index (κ3) is 5.19. The van der Waals surface area contributed by atoms with Crippen molar-refractivity contribution in [3.8, 4) is 0 Å². The molecule has 2 aliphatic rings. The largest absolute Gasteiger partial charge is 0.322 e. The van der Waals surface area contributed by atoms with Gasteiger partial charge in [-0.25, -0.2) is 16.8 Å². The van der Waals surface area contributed by atoms with E-state index in [0.717, 1.165) is 29.5 Å². The number of fused-ring (bicyclic) bond motifs is 1. The highest BCUT2D eigenvalue weighted by molar-refractivity contribution is 7.89. The van der Waals surface area contributed by atoms with Gasteiger partial charge in [-0.2, -0.15) is 8.61 Å². The highest BCUT2D eigenvalue weighted by Crippen LogP contribution is 2.28. The Balaban J connectivity index is 1.29. The first kappa shape index (κ1) is 25.6. The molecule has 1 fully saturated rings. The molecule has 2 aliphatic heterocycles. The monoisotopic (exact) mass is 539 g/mol. The van der Waals surface area contributed by atoms with Crippen LogP contribution in [0, 0.1) is 6.92 Å². The third-order valence-electron chi connectivity index (χ3n) is 6.92. The van der Waals surface area contributed by atoms with Gasteiger partial charge >= 0.3 is 0 Å². The number of sulfonamides is 2. The minimum absolute atomic E-state index is 0.176. The molecule has 0 aromatic heterocycles. The lowest BCUT2D eigenvalue weighted by atomic mass is 10.0. The summed E-state index contributed by atoms with van der Waals surface area (Å²) in [6.45, 7) is 3.56. The van der Waals surface area contributed by atoms with E-state index >= 15 is 0 Å². The van der Waals surface area contributed by atoms with Crippen LogP contribution in [0.15, 0.2) is 76.5 Å². The molecule has 194 valence electrons. The van der Waals surface area contributed by atoms with Crippen molar-refractivity contribution in [2.75, 3.05) is 25.0 Å². The maximum absolute atomic E-state index is 13.1. The number of anilines is 1. The average Bonchev–Trinajstić information content (AvgIpc) is 3.45. The molecule has 2 heterocycles. The number of nitrogens with zero attached hydrogens (tertiary/aromatic N) is 2. The number of carbonyl (C=O) groups is 1. The maximum Gasteiger partial charge on any atom is 0.255 e. The van der Waals surface area contributed by atoms with Crippen molar-refractivity contribution < 1.29 is 21.6 Å². The summed E-state index contributed by atoms with van der Waals surface area (Å²) in [5.74, 6) is -0.370. The number of hydrogen-bond donors (Lipinski definition) is 1. The van der Waals surface area contributed by atoms with Crippen LogP contribution in [-0.4, -0.2) is 51.0 Å². The molecule has 1 saturated heterocycles. The number of nitrogens with one attached hydrogen (secondary N) is 1. The molecule has 0 radical (unpaired) electrons. The van der Waals surface area contributed by atoms with Crippen molar-refractivity contribution in [2.45, 2.75) is 42.5 Å². The smallest absolute Gasteiger partial charge is 0.255 e. The van der Waals surface area contributed by atoms with Crippen molar-refractivity contribution in [2.24, 2.45) is 0 Å². The zero-order valence-corrected chi connectivity index (χ0v) is 22.2. The lowest BCUT2D eigenvalue weighted by molar-refractivity contribution is 0.102. The Labute approximate surface area is 218 Å². The highest BCUT2D eigenvalue weighted by atomic mass is 32.2. The Hall–Kier alpha value is -3.05. The van der Waals surface area contributed by atoms with Crippen LogP contribution in [0.25, 0.3) is 0 Å². The maximum atomic E-state index is 13.1. The second-order valence-corrected chi connectivity index (χ2v) is 13.4. The average molecular weight is 540 g/mol. The Bertz CT molecular complexity index is 1530. The first-order valence-corrected chi connectivity index (χ1v) is 15.1. The molecular weight excluding hydrogens is 510 g/mol. The number of benzene rings is 3. The van der Waals surface area contributed by atoms with Crippen molar-refractivity contribution in [3.05, 3.63) is 89.0 Å². The Kier molecular flexibility index (Phi) is 6.93. The minimum atomic E-state index is -3.63. The normalized spacial score (nSPS) is 16.9. The zero-order valence-electron chi connectivity index (χ0n) is 20.6. The number of rotatable bonds is 6. The van der Waals surface area contributed by atoms with Crippen molar-refractivity contribution >= 4 is 31.6 Å². The van der Waals surface area contributed by atoms with Gasteiger partial charge in [0.1, 0.15) is 0 Å². The topological polar surface area (TPSA) is 104 Å². The van der Waals surface area contributed by atoms with Gasteiger partial charge in [0.25, 0.3) is 5.91 Å². The molecule has 3 aromatic carbocycles. The van der Waals surface area contributed by atoms with Gasteiger partial charge in [-0.05, 0) is 85.8 Å². The molecule has 0 atom stereocenters. The van der Waals surface area contributed by atoms with E-state index in [-0.39, 0.29) is 22.2 Å². The van der Waals surface area contributed by atoms with Gasteiger partial charge in [0.15, 0.2) is 0 Å². The van der Waals surface area contributed by atoms with E-state index in [4.69, 9.17) is 0 Å². The quantitative estimate of drug-likeness (QED) is 0.514. The highest BCUT2D eigenvalue weighted by Gasteiger charge is 2.29. The lowest BCUT2D eigenvalue weighted by Gasteiger charge is -2.28. The molecule has 8 nitrogen and oxygen atoms in total. The fourth-order valence-electron chi connectivity index (χ4n) is 4.73. The summed E-state index contributed by atoms with van der Waals surface area (Å²) >= 11 is 0. The summed E-state index contributed by atoms with van der Waals surface area (Å²) in [6, 6.07) is 18.3. The Morgan fingerprint density at radius 2 is 1.32 bits per heavy atom. The Morgan fingerprint density at radius 1 is 0.730 bits per heavy atom. The van der Waals surface area contributed by atoms with Crippen LogP contribution < -0.4 is 5.32 Å². The number of amides is 1. The van der Waals surface area contributed by atoms with E-state index in [2.05, 4.69) is 5.32 Å². The Morgan fingerprint density at radius 3 is 1.97 bits per heavy atom. The van der Waals surface area contributed by atoms with Crippen LogP contribution in [0.2, 0.25) is 0 Å². The first-order chi connectivity index (χ1) is 17.6. The van der Waals surface area contributed by atoms with Crippen LogP contribution >= 0.6 is 0 Å². The summed E-state index contributed by atoms with van der Waals surface area (Å²) < 4.78 is 54.7. The van der Waals surface area contributed by atoms with Crippen LogP contribution in [0.1, 0.15) is 39.9 Å². The molecule has 1 N–H and O–H groups in total. The van der Waals surface area contributed by atoms with Gasteiger partial charge in [0.2, 0.25) is 20.0 Å². The predicted molar refractivity (Wildman–Crippen MR) is 141 cm³/mol. The van der Waals surface area contributed by atoms with E-state index in [1.807, 2.05) is 13.0 Å². The molecule has 1 amide bonds. The van der Waals surface area contributed by atoms with Gasteiger partial charge in [0, 0.05) is 37.4 Å². The van der Waals surface area contributed by atoms with E-state index in [1.54, 1.807) is 36.4 Å². The zero-order chi connectivity index (χ0) is 26.2. The fourth-order valence-corrected chi connectivity index (χ4v) is 7.67. The van der Waals surface area contributed by atoms with Crippen LogP contribution in [-0.2, 0) is 33.0 Å². The summed E-state index contributed by atoms with van der Waals surface area (Å²) in [6.07, 6.45) is 2.30. The molecule has 37 heavy (non-hydrogen) atoms. The molecule has 0 unspecified atom stereocenters. The lowest BCUT2D eigenvalue weighted by Crippen LogP contribution is -2.36. The molecule has 0 aliphatic carbocycles. The standard InChI is InChI=1S/C27H29N3O5S2/c1-20-4-10-25(11-5-20)37(34,35)30-17-14-21-6-9-24(18-23(21)19-30)28-27(31)22-7-12-26(13-8-22)36(32,33)29-15-2-3-16-29/h4-13,18H,2-3,14-17,19H2,1H3,(H,28,31). The third-order valence-corrected chi connectivity index (χ3v) is 10.7. The van der Waals surface area contributed by atoms with E-state index in [1.165, 1.54) is 32.9 Å². The predicted octanol–water partition coefficient (Wildman–Crippen LogP) is 3.78. The molecule has 0 saturated carbocycles. The molecule has 10 heteroatoms. The number of hydrogen-bond acceptors (Lipinski definition) is 5. The van der Waals surface area contributed by atoms with Gasteiger partial charge in [-0.15, -0.1) is 0 Å². The molecule has 0 spiro atoms. The molecule has 5 rings (SSSR count). The number of aryl methyl sites for hydroxylation is 1. The molecule has 0 bridgehead atoms. The minimum Gasteiger partial charge on any atom is -0.322 e. The summed E-state index contributed by atoms with van der Waals surface area (Å²) in [4.78, 5) is 13.3. The van der Waals surface area contributed by atoms with E-state index in [9.17, 15) is 21.6 Å². The van der Waals surface area contributed by atoms with E-state index < -0.39 is 20.0 Å². The van der Waals surface area contributed by atoms with Crippen LogP contribution in [0.3, 0.4) is 0 Å². The second kappa shape index (κ2) is 10.0. The van der Waals surface area contributed by atoms with Crippen molar-refractivity contribution in [1.29, 1.82) is 0 Å². The first-order valence-electron chi connectivity index (χ1n) is 12.2. The molecule has 3 aromatic rings. The summed E-state index contributed by atoms with van der Waals surface area (Å²) in [5, 5.41) is 2.85. The number of carbonyl (C=O) groups excluding carboxylic acids is 1. The van der Waals surface area contributed by atoms with Crippen LogP contribution in [0.4, 0.5) is 5.69 Å². The SMILES string of the molecule is Cc1ccc(S(=O)(=O)N2CCc3ccc(NC(=O)c4ccc(S(=O)(=O)N5CCCC5)cc4)cc3C2)cc1. The fraction of sp³-hybridized carbons (Fsp3) is 0.296. The van der Waals surface area contributed by atoms with Gasteiger partial charge in [-0.3, -0.25) is 4.79 Å². The summed E-state index contributed by atoms with van der Waals surface area (Å²) in [7, 11) is -7.17. The van der Waals surface area contributed by atoms with Gasteiger partial charge in [0.05, 0.1) is 9.79 Å². The van der Waals surface area contributed by atoms with Crippen LogP contribution in [0.5, 0.6) is 0 Å². The van der Waals surface area contributed by atoms with Gasteiger partial charge in [-0.1, -0.05) is 23.8 Å². The van der Waals surface area contributed by atoms with Crippen molar-refractivity contribution in [3.63, 3.8) is 0 Å².